The molecule has 1 heterocycles. The number of ether oxygens (including phenoxy) is 1. The number of rotatable bonds is 5. The van der Waals surface area contributed by atoms with Gasteiger partial charge >= 0.3 is 12.1 Å². The van der Waals surface area contributed by atoms with Crippen molar-refractivity contribution >= 4 is 5.97 Å². The molecule has 0 unspecified atom stereocenters. The molecule has 100 valence electrons. The number of hydrogen-bond donors (Lipinski definition) is 2. The number of alkyl halides is 3. The molecule has 0 atom stereocenters. The Hall–Kier alpha value is -1.73. The van der Waals surface area contributed by atoms with Gasteiger partial charge in [0, 0.05) is 0 Å². The van der Waals surface area contributed by atoms with Crippen LogP contribution in [0.3, 0.4) is 0 Å². The fourth-order valence-electron chi connectivity index (χ4n) is 1.71. The molecular formula is C10H11F3N2O3. The van der Waals surface area contributed by atoms with Gasteiger partial charge in [0.2, 0.25) is 5.88 Å². The van der Waals surface area contributed by atoms with E-state index in [0.29, 0.717) is 0 Å². The first-order valence-electron chi connectivity index (χ1n) is 5.32. The predicted octanol–water partition coefficient (Wildman–Crippen LogP) is 2.22. The molecule has 8 heteroatoms. The van der Waals surface area contributed by atoms with Gasteiger partial charge in [-0.1, -0.05) is 0 Å². The van der Waals surface area contributed by atoms with E-state index < -0.39 is 17.6 Å². The standard InChI is InChI=1S/C10H11F3N2O3/c11-10(12,13)9(1-2-9)3-4-18-7-6(8(16)17)5-14-15-7/h5H,1-4H2,(H,14,15)(H,16,17). The van der Waals surface area contributed by atoms with Crippen molar-refractivity contribution in [2.24, 2.45) is 5.41 Å². The van der Waals surface area contributed by atoms with Crippen LogP contribution in [0.4, 0.5) is 13.2 Å². The summed E-state index contributed by atoms with van der Waals surface area (Å²) in [4.78, 5) is 10.7. The van der Waals surface area contributed by atoms with Crippen molar-refractivity contribution in [3.05, 3.63) is 11.8 Å². The number of H-pyrrole nitrogens is 1. The maximum Gasteiger partial charge on any atom is 0.394 e. The van der Waals surface area contributed by atoms with Crippen molar-refractivity contribution in [3.63, 3.8) is 0 Å². The molecule has 0 amide bonds. The van der Waals surface area contributed by atoms with Gasteiger partial charge in [-0.15, -0.1) is 0 Å². The molecular weight excluding hydrogens is 253 g/mol. The lowest BCUT2D eigenvalue weighted by atomic mass is 10.0. The minimum absolute atomic E-state index is 0.106. The topological polar surface area (TPSA) is 75.2 Å². The van der Waals surface area contributed by atoms with Crippen molar-refractivity contribution in [2.45, 2.75) is 25.4 Å². The molecule has 5 nitrogen and oxygen atoms in total. The number of nitrogens with zero attached hydrogens (tertiary/aromatic N) is 1. The Labute approximate surface area is 99.9 Å². The number of halogens is 3. The zero-order valence-corrected chi connectivity index (χ0v) is 9.25. The Bertz CT molecular complexity index is 451. The first kappa shape index (κ1) is 12.7. The summed E-state index contributed by atoms with van der Waals surface area (Å²) in [5.41, 5.74) is -1.83. The van der Waals surface area contributed by atoms with Crippen LogP contribution in [0.1, 0.15) is 29.6 Å². The normalized spacial score (nSPS) is 17.5. The van der Waals surface area contributed by atoms with Crippen LogP contribution in [0.25, 0.3) is 0 Å². The average Bonchev–Trinajstić information content (AvgIpc) is 2.89. The monoisotopic (exact) mass is 264 g/mol. The molecule has 1 saturated carbocycles. The summed E-state index contributed by atoms with van der Waals surface area (Å²) in [6, 6.07) is 0. The summed E-state index contributed by atoms with van der Waals surface area (Å²) in [6.45, 7) is -0.192. The molecule has 1 fully saturated rings. The van der Waals surface area contributed by atoms with Gasteiger partial charge in [0.1, 0.15) is 5.56 Å². The van der Waals surface area contributed by atoms with Crippen molar-refractivity contribution in [3.8, 4) is 5.88 Å². The fraction of sp³-hybridized carbons (Fsp3) is 0.600. The Kier molecular flexibility index (Phi) is 2.95. The van der Waals surface area contributed by atoms with E-state index in [0.717, 1.165) is 6.20 Å². The highest BCUT2D eigenvalue weighted by Gasteiger charge is 2.62. The van der Waals surface area contributed by atoms with Crippen LogP contribution in [0.5, 0.6) is 5.88 Å². The Balaban J connectivity index is 1.90. The maximum absolute atomic E-state index is 12.6. The van der Waals surface area contributed by atoms with Gasteiger partial charge in [0.05, 0.1) is 18.2 Å². The van der Waals surface area contributed by atoms with E-state index in [1.807, 2.05) is 0 Å². The average molecular weight is 264 g/mol. The zero-order chi connectivity index (χ0) is 13.4. The van der Waals surface area contributed by atoms with Crippen molar-refractivity contribution < 1.29 is 27.8 Å². The minimum Gasteiger partial charge on any atom is -0.477 e. The second-order valence-electron chi connectivity index (χ2n) is 4.29. The smallest absolute Gasteiger partial charge is 0.394 e. The van der Waals surface area contributed by atoms with Crippen molar-refractivity contribution in [2.75, 3.05) is 6.61 Å². The van der Waals surface area contributed by atoms with Gasteiger partial charge in [-0.3, -0.25) is 0 Å². The Morgan fingerprint density at radius 3 is 2.72 bits per heavy atom. The summed E-state index contributed by atoms with van der Waals surface area (Å²) >= 11 is 0. The third-order valence-electron chi connectivity index (χ3n) is 3.12. The number of carboxylic acid groups (broad SMARTS) is 1. The number of aromatic carboxylic acids is 1. The highest BCUT2D eigenvalue weighted by Crippen LogP contribution is 2.59. The second-order valence-corrected chi connectivity index (χ2v) is 4.29. The van der Waals surface area contributed by atoms with Crippen LogP contribution in [0.2, 0.25) is 0 Å². The Morgan fingerprint density at radius 2 is 2.22 bits per heavy atom. The number of carbonyl (C=O) groups is 1. The van der Waals surface area contributed by atoms with Crippen LogP contribution < -0.4 is 4.74 Å². The van der Waals surface area contributed by atoms with E-state index in [-0.39, 0.29) is 37.3 Å². The zero-order valence-electron chi connectivity index (χ0n) is 9.25. The molecule has 0 bridgehead atoms. The van der Waals surface area contributed by atoms with E-state index in [9.17, 15) is 18.0 Å². The van der Waals surface area contributed by atoms with Crippen molar-refractivity contribution in [1.82, 2.24) is 10.2 Å². The quantitative estimate of drug-likeness (QED) is 0.855. The van der Waals surface area contributed by atoms with Crippen LogP contribution in [-0.4, -0.2) is 34.1 Å². The number of carboxylic acids is 1. The lowest BCUT2D eigenvalue weighted by molar-refractivity contribution is -0.190. The Morgan fingerprint density at radius 1 is 1.56 bits per heavy atom. The molecule has 2 rings (SSSR count). The summed E-state index contributed by atoms with van der Waals surface area (Å²) in [7, 11) is 0. The van der Waals surface area contributed by atoms with Gasteiger partial charge in [-0.25, -0.2) is 9.89 Å². The largest absolute Gasteiger partial charge is 0.477 e. The van der Waals surface area contributed by atoms with Gasteiger partial charge in [0.15, 0.2) is 0 Å². The summed E-state index contributed by atoms with van der Waals surface area (Å²) in [5.74, 6) is -1.35. The number of aromatic nitrogens is 2. The molecule has 2 N–H and O–H groups in total. The molecule has 1 aliphatic rings. The van der Waals surface area contributed by atoms with Gasteiger partial charge in [-0.2, -0.15) is 18.3 Å². The highest BCUT2D eigenvalue weighted by atomic mass is 19.4. The summed E-state index contributed by atoms with van der Waals surface area (Å²) < 4.78 is 42.8. The molecule has 0 spiro atoms. The maximum atomic E-state index is 12.6. The van der Waals surface area contributed by atoms with Crippen molar-refractivity contribution in [1.29, 1.82) is 0 Å². The molecule has 0 saturated heterocycles. The van der Waals surface area contributed by atoms with E-state index in [2.05, 4.69) is 10.2 Å². The van der Waals surface area contributed by atoms with Gasteiger partial charge in [-0.05, 0) is 19.3 Å². The van der Waals surface area contributed by atoms with E-state index >= 15 is 0 Å². The highest BCUT2D eigenvalue weighted by molar-refractivity contribution is 5.89. The second kappa shape index (κ2) is 4.18. The van der Waals surface area contributed by atoms with Crippen LogP contribution >= 0.6 is 0 Å². The first-order chi connectivity index (χ1) is 8.36. The summed E-state index contributed by atoms with van der Waals surface area (Å²) in [5, 5.41) is 14.5. The molecule has 0 aromatic carbocycles. The number of nitrogens with one attached hydrogen (secondary N) is 1. The first-order valence-corrected chi connectivity index (χ1v) is 5.32. The lowest BCUT2D eigenvalue weighted by Crippen LogP contribution is -2.26. The minimum atomic E-state index is -4.22. The van der Waals surface area contributed by atoms with Crippen LogP contribution in [-0.2, 0) is 0 Å². The number of aromatic amines is 1. The van der Waals surface area contributed by atoms with Gasteiger partial charge in [0.25, 0.3) is 0 Å². The summed E-state index contributed by atoms with van der Waals surface area (Å²) in [6.07, 6.45) is -3.13. The van der Waals surface area contributed by atoms with Crippen LogP contribution in [0.15, 0.2) is 6.20 Å². The lowest BCUT2D eigenvalue weighted by Gasteiger charge is -2.18. The van der Waals surface area contributed by atoms with E-state index in [1.54, 1.807) is 0 Å². The van der Waals surface area contributed by atoms with E-state index in [1.165, 1.54) is 0 Å². The molecule has 1 aromatic heterocycles. The fourth-order valence-corrected chi connectivity index (χ4v) is 1.71. The third kappa shape index (κ3) is 2.27. The van der Waals surface area contributed by atoms with E-state index in [4.69, 9.17) is 9.84 Å². The van der Waals surface area contributed by atoms with Crippen LogP contribution in [0, 0.1) is 5.41 Å². The number of hydrogen-bond acceptors (Lipinski definition) is 3. The molecule has 1 aliphatic carbocycles. The predicted molar refractivity (Wildman–Crippen MR) is 53.4 cm³/mol. The molecule has 0 aliphatic heterocycles. The molecule has 1 aromatic rings. The van der Waals surface area contributed by atoms with Gasteiger partial charge < -0.3 is 9.84 Å². The molecule has 18 heavy (non-hydrogen) atoms. The third-order valence-corrected chi connectivity index (χ3v) is 3.12. The SMILES string of the molecule is O=C(O)c1cn[nH]c1OCCC1(C(F)(F)F)CC1. The molecule has 0 radical (unpaired) electrons.